The summed E-state index contributed by atoms with van der Waals surface area (Å²) >= 11 is 0. The van der Waals surface area contributed by atoms with E-state index in [1.165, 1.54) is 12.8 Å². The molecule has 1 aliphatic rings. The van der Waals surface area contributed by atoms with Crippen LogP contribution in [0.3, 0.4) is 0 Å². The van der Waals surface area contributed by atoms with E-state index >= 15 is 0 Å². The second-order valence-electron chi connectivity index (χ2n) is 3.10. The van der Waals surface area contributed by atoms with Gasteiger partial charge in [-0.2, -0.15) is 0 Å². The van der Waals surface area contributed by atoms with Crippen LogP contribution in [0.15, 0.2) is 0 Å². The van der Waals surface area contributed by atoms with Gasteiger partial charge in [0.05, 0.1) is 0 Å². The fraction of sp³-hybridized carbons (Fsp3) is 0.875. The summed E-state index contributed by atoms with van der Waals surface area (Å²) in [5.41, 5.74) is 11.3. The van der Waals surface area contributed by atoms with Crippen molar-refractivity contribution >= 4 is 5.97 Å². The van der Waals surface area contributed by atoms with Crippen LogP contribution in [0, 0.1) is 0 Å². The monoisotopic (exact) mass is 385 g/mol. The molecular formula is C8H18N2O3Pt+2. The molecule has 14 heavy (non-hydrogen) atoms. The van der Waals surface area contributed by atoms with E-state index in [9.17, 15) is 0 Å². The fourth-order valence-electron chi connectivity index (χ4n) is 1.19. The van der Waals surface area contributed by atoms with E-state index in [4.69, 9.17) is 21.4 Å². The van der Waals surface area contributed by atoms with Crippen molar-refractivity contribution in [1.82, 2.24) is 0 Å². The third kappa shape index (κ3) is 12.0. The van der Waals surface area contributed by atoms with Gasteiger partial charge in [-0.1, -0.05) is 12.8 Å². The molecule has 6 heteroatoms. The zero-order chi connectivity index (χ0) is 9.56. The van der Waals surface area contributed by atoms with E-state index in [2.05, 4.69) is 0 Å². The van der Waals surface area contributed by atoms with Crippen molar-refractivity contribution in [2.45, 2.75) is 44.7 Å². The number of aliphatic carboxylic acids is 1. The van der Waals surface area contributed by atoms with Gasteiger partial charge in [0.1, 0.15) is 0 Å². The summed E-state index contributed by atoms with van der Waals surface area (Å²) in [5, 5.41) is 8.89. The van der Waals surface area contributed by atoms with Gasteiger partial charge in [0.2, 0.25) is 0 Å². The van der Waals surface area contributed by atoms with Gasteiger partial charge in [-0.05, 0) is 19.8 Å². The van der Waals surface area contributed by atoms with E-state index in [0.29, 0.717) is 0 Å². The molecule has 1 saturated carbocycles. The predicted octanol–water partition coefficient (Wildman–Crippen LogP) is -1.21. The van der Waals surface area contributed by atoms with E-state index in [0.717, 1.165) is 19.8 Å². The molecule has 5 nitrogen and oxygen atoms in total. The standard InChI is InChI=1S/C6H14N2.C2H4O2.H2O.Pt/c7-5-3-1-2-4-6(5)8;1-2(3)4;;/h5-6H,1-4,7-8H2;1H3,(H,3,4);1H2;/q;;;+4/p-2. The Hall–Kier alpha value is 0.0383. The van der Waals surface area contributed by atoms with E-state index < -0.39 is 5.97 Å². The Morgan fingerprint density at radius 2 is 1.43 bits per heavy atom. The molecule has 0 aliphatic heterocycles. The summed E-state index contributed by atoms with van der Waals surface area (Å²) in [6.07, 6.45) is 4.80. The van der Waals surface area contributed by atoms with Gasteiger partial charge in [-0.3, -0.25) is 0 Å². The first-order valence-corrected chi connectivity index (χ1v) is 4.22. The molecule has 1 aliphatic carbocycles. The SMILES string of the molecule is CC(=O)[O-].NC1CCCCC1N.[OH-].[Pt+4]. The van der Waals surface area contributed by atoms with Crippen LogP contribution in [-0.4, -0.2) is 23.5 Å². The second-order valence-corrected chi connectivity index (χ2v) is 3.10. The molecule has 1 fully saturated rings. The van der Waals surface area contributed by atoms with Crippen molar-refractivity contribution in [1.29, 1.82) is 0 Å². The van der Waals surface area contributed by atoms with Gasteiger partial charge < -0.3 is 26.8 Å². The molecule has 0 aromatic rings. The Kier molecular flexibility index (Phi) is 15.6. The van der Waals surface area contributed by atoms with Crippen molar-refractivity contribution in [3.63, 3.8) is 0 Å². The summed E-state index contributed by atoms with van der Waals surface area (Å²) in [7, 11) is 0. The van der Waals surface area contributed by atoms with Crippen LogP contribution in [0.5, 0.6) is 0 Å². The molecule has 0 bridgehead atoms. The van der Waals surface area contributed by atoms with Crippen LogP contribution in [0.25, 0.3) is 0 Å². The molecule has 2 atom stereocenters. The molecule has 0 spiro atoms. The Morgan fingerprint density at radius 1 is 1.21 bits per heavy atom. The van der Waals surface area contributed by atoms with Gasteiger partial charge in [-0.15, -0.1) is 0 Å². The Morgan fingerprint density at radius 3 is 1.57 bits per heavy atom. The molecule has 0 aromatic heterocycles. The summed E-state index contributed by atoms with van der Waals surface area (Å²) in [5.74, 6) is -1.08. The molecule has 2 unspecified atom stereocenters. The number of nitrogens with two attached hydrogens (primary N) is 2. The number of carbonyl (C=O) groups excluding carboxylic acids is 1. The topological polar surface area (TPSA) is 122 Å². The average molecular weight is 385 g/mol. The molecule has 86 valence electrons. The molecule has 5 N–H and O–H groups in total. The maximum Gasteiger partial charge on any atom is 4.00 e. The van der Waals surface area contributed by atoms with Crippen molar-refractivity contribution in [2.75, 3.05) is 0 Å². The van der Waals surface area contributed by atoms with Crippen molar-refractivity contribution < 1.29 is 36.4 Å². The van der Waals surface area contributed by atoms with Gasteiger partial charge in [0.25, 0.3) is 0 Å². The summed E-state index contributed by atoms with van der Waals surface area (Å²) in [6, 6.07) is 0.562. The van der Waals surface area contributed by atoms with Crippen LogP contribution in [0.1, 0.15) is 32.6 Å². The van der Waals surface area contributed by atoms with E-state index in [-0.39, 0.29) is 38.6 Å². The third-order valence-electron chi connectivity index (χ3n) is 1.87. The number of hydrogen-bond acceptors (Lipinski definition) is 5. The Bertz CT molecular complexity index is 133. The number of rotatable bonds is 0. The fourth-order valence-corrected chi connectivity index (χ4v) is 1.19. The second kappa shape index (κ2) is 11.1. The van der Waals surface area contributed by atoms with Gasteiger partial charge in [0, 0.05) is 18.1 Å². The third-order valence-corrected chi connectivity index (χ3v) is 1.87. The normalized spacial score (nSPS) is 24.5. The van der Waals surface area contributed by atoms with Crippen molar-refractivity contribution in [3.05, 3.63) is 0 Å². The first kappa shape index (κ1) is 19.6. The minimum absolute atomic E-state index is 0. The molecule has 0 heterocycles. The number of carboxylic acid groups (broad SMARTS) is 1. The molecule has 0 radical (unpaired) electrons. The summed E-state index contributed by atoms with van der Waals surface area (Å²) in [6.45, 7) is 0.972. The first-order chi connectivity index (χ1) is 5.54. The van der Waals surface area contributed by atoms with Crippen LogP contribution in [0.4, 0.5) is 0 Å². The van der Waals surface area contributed by atoms with Crippen LogP contribution in [0.2, 0.25) is 0 Å². The first-order valence-electron chi connectivity index (χ1n) is 4.22. The van der Waals surface area contributed by atoms with Gasteiger partial charge in [-0.25, -0.2) is 0 Å². The quantitative estimate of drug-likeness (QED) is 0.542. The van der Waals surface area contributed by atoms with Crippen LogP contribution in [-0.2, 0) is 25.9 Å². The predicted molar refractivity (Wildman–Crippen MR) is 47.0 cm³/mol. The Balaban J connectivity index is -0.000000180. The smallest absolute Gasteiger partial charge is 0.870 e. The van der Waals surface area contributed by atoms with E-state index in [1.807, 2.05) is 0 Å². The average Bonchev–Trinajstić information content (AvgIpc) is 1.94. The molecule has 1 rings (SSSR count). The summed E-state index contributed by atoms with van der Waals surface area (Å²) < 4.78 is 0. The number of carboxylic acids is 1. The van der Waals surface area contributed by atoms with Crippen molar-refractivity contribution in [3.8, 4) is 0 Å². The molecule has 0 amide bonds. The molecule has 0 saturated heterocycles. The number of hydrogen-bond donors (Lipinski definition) is 2. The summed E-state index contributed by atoms with van der Waals surface area (Å²) in [4.78, 5) is 8.89. The van der Waals surface area contributed by atoms with Gasteiger partial charge in [0.15, 0.2) is 0 Å². The number of carbonyl (C=O) groups is 1. The molecule has 0 aromatic carbocycles. The zero-order valence-electron chi connectivity index (χ0n) is 8.22. The molecular weight excluding hydrogens is 367 g/mol. The van der Waals surface area contributed by atoms with Gasteiger partial charge >= 0.3 is 21.1 Å². The maximum absolute atomic E-state index is 8.89. The minimum Gasteiger partial charge on any atom is -0.870 e. The maximum atomic E-state index is 8.89. The van der Waals surface area contributed by atoms with Crippen molar-refractivity contribution in [2.24, 2.45) is 11.5 Å². The van der Waals surface area contributed by atoms with Crippen LogP contribution < -0.4 is 16.6 Å². The largest absolute Gasteiger partial charge is 4.00 e. The van der Waals surface area contributed by atoms with E-state index in [1.54, 1.807) is 0 Å². The Labute approximate surface area is 98.8 Å². The zero-order valence-corrected chi connectivity index (χ0v) is 10.5. The van der Waals surface area contributed by atoms with Crippen LogP contribution >= 0.6 is 0 Å². The minimum atomic E-state index is -1.08.